The highest BCUT2D eigenvalue weighted by Crippen LogP contribution is 2.36. The second kappa shape index (κ2) is 3.58. The number of aromatic hydroxyl groups is 1. The van der Waals surface area contributed by atoms with Crippen LogP contribution >= 0.6 is 0 Å². The summed E-state index contributed by atoms with van der Waals surface area (Å²) in [6.07, 6.45) is -4.60. The first kappa shape index (κ1) is 10.4. The molecule has 0 fully saturated rings. The Bertz CT molecular complexity index is 367. The Hall–Kier alpha value is -1.70. The van der Waals surface area contributed by atoms with Crippen LogP contribution in [-0.4, -0.2) is 11.3 Å². The van der Waals surface area contributed by atoms with Crippen molar-refractivity contribution in [2.24, 2.45) is 0 Å². The normalized spacial score (nSPS) is 13.3. The maximum Gasteiger partial charge on any atom is 0.470 e. The minimum atomic E-state index is -4.60. The summed E-state index contributed by atoms with van der Waals surface area (Å²) in [5.74, 6) is -0.277. The molecule has 0 heterocycles. The number of phenols is 1. The Morgan fingerprint density at radius 3 is 2.43 bits per heavy atom. The number of phenolic OH excluding ortho intramolecular Hbond substituents is 1. The quantitative estimate of drug-likeness (QED) is 0.694. The third-order valence-corrected chi connectivity index (χ3v) is 1.63. The molecule has 2 nitrogen and oxygen atoms in total. The first-order valence-corrected chi connectivity index (χ1v) is 3.67. The largest absolute Gasteiger partial charge is 0.508 e. The zero-order valence-electron chi connectivity index (χ0n) is 6.92. The van der Waals surface area contributed by atoms with Gasteiger partial charge in [0.25, 0.3) is 0 Å². The molecule has 0 radical (unpaired) electrons. The Morgan fingerprint density at radius 2 is 2.00 bits per heavy atom. The van der Waals surface area contributed by atoms with E-state index in [4.69, 9.17) is 11.7 Å². The summed E-state index contributed by atoms with van der Waals surface area (Å²) in [5.41, 5.74) is -0.243. The molecular weight excluding hydrogens is 195 g/mol. The monoisotopic (exact) mass is 201 g/mol. The van der Waals surface area contributed by atoms with Crippen molar-refractivity contribution in [2.75, 3.05) is 0 Å². The van der Waals surface area contributed by atoms with Gasteiger partial charge in [-0.1, -0.05) is 12.1 Å². The van der Waals surface area contributed by atoms with Crippen LogP contribution in [-0.2, 0) is 0 Å². The van der Waals surface area contributed by atoms with E-state index in [9.17, 15) is 13.2 Å². The van der Waals surface area contributed by atoms with Crippen LogP contribution in [0, 0.1) is 6.57 Å². The van der Waals surface area contributed by atoms with Gasteiger partial charge in [0.05, 0.1) is 0 Å². The van der Waals surface area contributed by atoms with E-state index in [0.29, 0.717) is 0 Å². The molecule has 1 aromatic rings. The van der Waals surface area contributed by atoms with Crippen molar-refractivity contribution >= 4 is 0 Å². The summed E-state index contributed by atoms with van der Waals surface area (Å²) in [7, 11) is 0. The summed E-state index contributed by atoms with van der Waals surface area (Å²) < 4.78 is 36.7. The number of hydrogen-bond acceptors (Lipinski definition) is 1. The topological polar surface area (TPSA) is 24.6 Å². The van der Waals surface area contributed by atoms with Crippen LogP contribution in [0.1, 0.15) is 11.6 Å². The van der Waals surface area contributed by atoms with E-state index in [1.54, 1.807) is 0 Å². The molecule has 1 N–H and O–H groups in total. The fourth-order valence-corrected chi connectivity index (χ4v) is 1.03. The number of halogens is 3. The Kier molecular flexibility index (Phi) is 2.65. The summed E-state index contributed by atoms with van der Waals surface area (Å²) in [4.78, 5) is 2.48. The lowest BCUT2D eigenvalue weighted by Crippen LogP contribution is -2.17. The highest BCUT2D eigenvalue weighted by atomic mass is 19.4. The van der Waals surface area contributed by atoms with Crippen LogP contribution in [0.25, 0.3) is 4.85 Å². The van der Waals surface area contributed by atoms with Crippen LogP contribution in [0.15, 0.2) is 24.3 Å². The number of benzene rings is 1. The molecule has 0 aliphatic carbocycles. The average Bonchev–Trinajstić information content (AvgIpc) is 2.02. The maximum absolute atomic E-state index is 12.2. The van der Waals surface area contributed by atoms with Gasteiger partial charge < -0.3 is 5.11 Å². The van der Waals surface area contributed by atoms with Crippen LogP contribution in [0.4, 0.5) is 13.2 Å². The van der Waals surface area contributed by atoms with E-state index in [1.807, 2.05) is 0 Å². The number of rotatable bonds is 1. The molecule has 1 unspecified atom stereocenters. The maximum atomic E-state index is 12.2. The molecule has 0 spiro atoms. The van der Waals surface area contributed by atoms with E-state index in [0.717, 1.165) is 12.1 Å². The van der Waals surface area contributed by atoms with E-state index < -0.39 is 12.2 Å². The summed E-state index contributed by atoms with van der Waals surface area (Å²) in [6, 6.07) is 2.43. The lowest BCUT2D eigenvalue weighted by Gasteiger charge is -2.09. The molecule has 0 saturated heterocycles. The first-order valence-electron chi connectivity index (χ1n) is 3.67. The Labute approximate surface area is 78.4 Å². The average molecular weight is 201 g/mol. The van der Waals surface area contributed by atoms with Crippen molar-refractivity contribution < 1.29 is 18.3 Å². The molecule has 1 aromatic carbocycles. The van der Waals surface area contributed by atoms with Crippen molar-refractivity contribution in [1.29, 1.82) is 0 Å². The van der Waals surface area contributed by atoms with Gasteiger partial charge in [0.2, 0.25) is 0 Å². The van der Waals surface area contributed by atoms with Crippen molar-refractivity contribution in [3.05, 3.63) is 41.2 Å². The predicted molar refractivity (Wildman–Crippen MR) is 43.5 cm³/mol. The molecule has 1 atom stereocenters. The number of alkyl halides is 3. The molecule has 1 rings (SSSR count). The van der Waals surface area contributed by atoms with Crippen molar-refractivity contribution in [3.8, 4) is 5.75 Å². The Balaban J connectivity index is 3.09. The van der Waals surface area contributed by atoms with Crippen LogP contribution in [0.2, 0.25) is 0 Å². The second-order valence-corrected chi connectivity index (χ2v) is 2.67. The third kappa shape index (κ3) is 2.16. The summed E-state index contributed by atoms with van der Waals surface area (Å²) >= 11 is 0. The van der Waals surface area contributed by atoms with Gasteiger partial charge in [0.1, 0.15) is 5.75 Å². The smallest absolute Gasteiger partial charge is 0.470 e. The van der Waals surface area contributed by atoms with Gasteiger partial charge in [-0.2, -0.15) is 13.2 Å². The van der Waals surface area contributed by atoms with Crippen LogP contribution < -0.4 is 0 Å². The molecule has 0 aliphatic rings. The van der Waals surface area contributed by atoms with Gasteiger partial charge in [-0.25, -0.2) is 6.57 Å². The van der Waals surface area contributed by atoms with Crippen molar-refractivity contribution in [2.45, 2.75) is 12.2 Å². The predicted octanol–water partition coefficient (Wildman–Crippen LogP) is 2.91. The standard InChI is InChI=1S/C9H6F3NO/c1-13-8(9(10,11)12)6-3-2-4-7(14)5-6/h2-5,8,14H. The van der Waals surface area contributed by atoms with E-state index >= 15 is 0 Å². The Morgan fingerprint density at radius 1 is 1.36 bits per heavy atom. The van der Waals surface area contributed by atoms with Gasteiger partial charge in [0.15, 0.2) is 0 Å². The minimum absolute atomic E-state index is 0.243. The van der Waals surface area contributed by atoms with Crippen LogP contribution in [0.5, 0.6) is 5.75 Å². The van der Waals surface area contributed by atoms with Gasteiger partial charge >= 0.3 is 12.2 Å². The lowest BCUT2D eigenvalue weighted by atomic mass is 10.1. The molecular formula is C9H6F3NO. The fourth-order valence-electron chi connectivity index (χ4n) is 1.03. The van der Waals surface area contributed by atoms with Crippen LogP contribution in [0.3, 0.4) is 0 Å². The highest BCUT2D eigenvalue weighted by molar-refractivity contribution is 5.31. The number of nitrogens with zero attached hydrogens (tertiary/aromatic N) is 1. The zero-order chi connectivity index (χ0) is 10.8. The van der Waals surface area contributed by atoms with E-state index in [-0.39, 0.29) is 11.3 Å². The van der Waals surface area contributed by atoms with E-state index in [1.165, 1.54) is 12.1 Å². The summed E-state index contributed by atoms with van der Waals surface area (Å²) in [5, 5.41) is 8.95. The van der Waals surface area contributed by atoms with Crippen molar-refractivity contribution in [1.82, 2.24) is 0 Å². The first-order chi connectivity index (χ1) is 6.45. The zero-order valence-corrected chi connectivity index (χ0v) is 6.92. The SMILES string of the molecule is [C-]#[N+]C(c1cccc(O)c1)C(F)(F)F. The van der Waals surface area contributed by atoms with Crippen molar-refractivity contribution in [3.63, 3.8) is 0 Å². The van der Waals surface area contributed by atoms with E-state index in [2.05, 4.69) is 4.85 Å². The van der Waals surface area contributed by atoms with Gasteiger partial charge in [-0.15, -0.1) is 0 Å². The van der Waals surface area contributed by atoms with Gasteiger partial charge in [0, 0.05) is 5.56 Å². The lowest BCUT2D eigenvalue weighted by molar-refractivity contribution is -0.140. The molecule has 0 bridgehead atoms. The molecule has 74 valence electrons. The molecule has 0 aromatic heterocycles. The minimum Gasteiger partial charge on any atom is -0.508 e. The summed E-state index contributed by atoms with van der Waals surface area (Å²) in [6.45, 7) is 6.45. The molecule has 0 saturated carbocycles. The third-order valence-electron chi connectivity index (χ3n) is 1.63. The van der Waals surface area contributed by atoms with Gasteiger partial charge in [-0.3, -0.25) is 4.85 Å². The molecule has 0 amide bonds. The van der Waals surface area contributed by atoms with Gasteiger partial charge in [-0.05, 0) is 12.1 Å². The molecule has 5 heteroatoms. The molecule has 14 heavy (non-hydrogen) atoms. The molecule has 0 aliphatic heterocycles. The number of hydrogen-bond donors (Lipinski definition) is 1. The second-order valence-electron chi connectivity index (χ2n) is 2.67. The highest BCUT2D eigenvalue weighted by Gasteiger charge is 2.47. The fraction of sp³-hybridized carbons (Fsp3) is 0.222.